The normalized spacial score (nSPS) is 26.6. The minimum Gasteiger partial charge on any atom is -0.387 e. The Balaban J connectivity index is 0.00000450. The molecule has 0 aliphatic carbocycles. The van der Waals surface area contributed by atoms with Gasteiger partial charge < -0.3 is 25.2 Å². The fourth-order valence-corrected chi connectivity index (χ4v) is 3.96. The van der Waals surface area contributed by atoms with Gasteiger partial charge >= 0.3 is 0 Å². The van der Waals surface area contributed by atoms with Gasteiger partial charge in [-0.05, 0) is 41.5 Å². The Labute approximate surface area is 200 Å². The molecule has 0 saturated carbocycles. The maximum Gasteiger partial charge on any atom is 0.191 e. The number of halogens is 1. The first kappa shape index (κ1) is 27.8. The molecule has 0 aromatic rings. The van der Waals surface area contributed by atoms with E-state index in [1.165, 1.54) is 0 Å². The molecule has 2 aliphatic heterocycles. The Morgan fingerprint density at radius 3 is 2.27 bits per heavy atom. The van der Waals surface area contributed by atoms with Crippen molar-refractivity contribution in [2.75, 3.05) is 65.6 Å². The first-order chi connectivity index (χ1) is 13.6. The second-order valence-electron chi connectivity index (χ2n) is 9.41. The van der Waals surface area contributed by atoms with E-state index in [2.05, 4.69) is 55.1 Å². The van der Waals surface area contributed by atoms with Crippen LogP contribution in [0.25, 0.3) is 0 Å². The number of guanidine groups is 1. The quantitative estimate of drug-likeness (QED) is 0.242. The summed E-state index contributed by atoms with van der Waals surface area (Å²) in [5, 5.41) is 17.5. The zero-order valence-electron chi connectivity index (χ0n) is 19.7. The molecule has 3 N–H and O–H groups in total. The Kier molecular flexibility index (Phi) is 11.8. The highest BCUT2D eigenvalue weighted by atomic mass is 127. The summed E-state index contributed by atoms with van der Waals surface area (Å²) in [5.41, 5.74) is -0.900. The molecule has 0 bridgehead atoms. The first-order valence-electron chi connectivity index (χ1n) is 11.1. The van der Waals surface area contributed by atoms with Gasteiger partial charge in [-0.15, -0.1) is 24.0 Å². The zero-order valence-corrected chi connectivity index (χ0v) is 22.1. The second kappa shape index (κ2) is 12.7. The molecular weight excluding hydrogens is 497 g/mol. The van der Waals surface area contributed by atoms with Crippen LogP contribution in [0.1, 0.15) is 41.5 Å². The number of ether oxygens (including phenoxy) is 2. The van der Waals surface area contributed by atoms with E-state index in [4.69, 9.17) is 14.5 Å². The van der Waals surface area contributed by atoms with Gasteiger partial charge in [0.2, 0.25) is 0 Å². The number of hydrogen-bond donors (Lipinski definition) is 3. The van der Waals surface area contributed by atoms with E-state index < -0.39 is 5.60 Å². The Hall–Kier alpha value is -0.200. The van der Waals surface area contributed by atoms with Crippen molar-refractivity contribution in [2.24, 2.45) is 4.99 Å². The lowest BCUT2D eigenvalue weighted by atomic mass is 10.0. The van der Waals surface area contributed by atoms with Gasteiger partial charge in [0.25, 0.3) is 0 Å². The number of nitrogens with zero attached hydrogens (tertiary/aromatic N) is 3. The summed E-state index contributed by atoms with van der Waals surface area (Å²) in [7, 11) is 0. The van der Waals surface area contributed by atoms with E-state index in [1.54, 1.807) is 0 Å². The summed E-state index contributed by atoms with van der Waals surface area (Å²) in [5.74, 6) is 0.747. The molecule has 2 rings (SSSR count). The van der Waals surface area contributed by atoms with Gasteiger partial charge in [0.15, 0.2) is 5.96 Å². The number of β-amino-alcohol motifs (C(OH)–C–C–N with tert-alkyl or cyclic N) is 1. The van der Waals surface area contributed by atoms with Gasteiger partial charge in [-0.2, -0.15) is 0 Å². The molecule has 2 aliphatic rings. The molecule has 0 amide bonds. The monoisotopic (exact) mass is 541 g/mol. The average Bonchev–Trinajstić information content (AvgIpc) is 2.64. The average molecular weight is 542 g/mol. The highest BCUT2D eigenvalue weighted by molar-refractivity contribution is 14.0. The van der Waals surface area contributed by atoms with Crippen LogP contribution in [0.2, 0.25) is 0 Å². The fourth-order valence-electron chi connectivity index (χ4n) is 3.96. The van der Waals surface area contributed by atoms with E-state index in [1.807, 2.05) is 6.92 Å². The predicted molar refractivity (Wildman–Crippen MR) is 133 cm³/mol. The molecule has 9 heteroatoms. The topological polar surface area (TPSA) is 81.6 Å². The van der Waals surface area contributed by atoms with E-state index >= 15 is 0 Å². The molecule has 0 radical (unpaired) electrons. The molecule has 8 nitrogen and oxygen atoms in total. The third kappa shape index (κ3) is 9.52. The highest BCUT2D eigenvalue weighted by Gasteiger charge is 2.33. The van der Waals surface area contributed by atoms with Gasteiger partial charge in [0.1, 0.15) is 0 Å². The SMILES string of the molecule is CCNC(=NCC(C)(C)N1CC(C)OC(C)C1)NCC(C)(O)CN1CCOCC1.I. The van der Waals surface area contributed by atoms with E-state index in [0.717, 1.165) is 51.9 Å². The van der Waals surface area contributed by atoms with Crippen molar-refractivity contribution in [1.29, 1.82) is 0 Å². The molecule has 0 aromatic carbocycles. The summed E-state index contributed by atoms with van der Waals surface area (Å²) in [6.07, 6.45) is 0.479. The molecular formula is C21H44IN5O3. The molecule has 3 unspecified atom stereocenters. The van der Waals surface area contributed by atoms with Crippen LogP contribution in [-0.4, -0.2) is 110 Å². The number of morpholine rings is 2. The lowest BCUT2D eigenvalue weighted by molar-refractivity contribution is -0.0939. The maximum atomic E-state index is 10.8. The smallest absolute Gasteiger partial charge is 0.191 e. The number of nitrogens with one attached hydrogen (secondary N) is 2. The molecule has 2 saturated heterocycles. The number of aliphatic imine (C=N–C) groups is 1. The fraction of sp³-hybridized carbons (Fsp3) is 0.952. The second-order valence-corrected chi connectivity index (χ2v) is 9.41. The molecule has 30 heavy (non-hydrogen) atoms. The number of hydrogen-bond acceptors (Lipinski definition) is 6. The van der Waals surface area contributed by atoms with Crippen LogP contribution in [0.15, 0.2) is 4.99 Å². The van der Waals surface area contributed by atoms with Crippen molar-refractivity contribution in [2.45, 2.75) is 64.9 Å². The van der Waals surface area contributed by atoms with Crippen molar-refractivity contribution < 1.29 is 14.6 Å². The molecule has 0 aromatic heterocycles. The minimum atomic E-state index is -0.835. The zero-order chi connectivity index (χ0) is 21.5. The summed E-state index contributed by atoms with van der Waals surface area (Å²) < 4.78 is 11.3. The van der Waals surface area contributed by atoms with Crippen LogP contribution in [0, 0.1) is 0 Å². The van der Waals surface area contributed by atoms with E-state index in [9.17, 15) is 5.11 Å². The molecule has 2 heterocycles. The van der Waals surface area contributed by atoms with Crippen LogP contribution in [0.3, 0.4) is 0 Å². The molecule has 178 valence electrons. The highest BCUT2D eigenvalue weighted by Crippen LogP contribution is 2.21. The van der Waals surface area contributed by atoms with Crippen molar-refractivity contribution in [3.63, 3.8) is 0 Å². The van der Waals surface area contributed by atoms with Gasteiger partial charge in [-0.3, -0.25) is 14.8 Å². The third-order valence-corrected chi connectivity index (χ3v) is 5.55. The van der Waals surface area contributed by atoms with Crippen molar-refractivity contribution in [1.82, 2.24) is 20.4 Å². The Morgan fingerprint density at radius 1 is 1.10 bits per heavy atom. The van der Waals surface area contributed by atoms with Gasteiger partial charge in [-0.25, -0.2) is 0 Å². The van der Waals surface area contributed by atoms with Crippen molar-refractivity contribution in [3.8, 4) is 0 Å². The minimum absolute atomic E-state index is 0. The lowest BCUT2D eigenvalue weighted by Gasteiger charge is -2.44. The third-order valence-electron chi connectivity index (χ3n) is 5.55. The van der Waals surface area contributed by atoms with Crippen LogP contribution in [0.4, 0.5) is 0 Å². The van der Waals surface area contributed by atoms with Crippen LogP contribution < -0.4 is 10.6 Å². The van der Waals surface area contributed by atoms with Crippen LogP contribution in [0.5, 0.6) is 0 Å². The number of rotatable bonds is 8. The van der Waals surface area contributed by atoms with E-state index in [0.29, 0.717) is 19.6 Å². The number of aliphatic hydroxyl groups is 1. The summed E-state index contributed by atoms with van der Waals surface area (Å²) in [4.78, 5) is 9.54. The summed E-state index contributed by atoms with van der Waals surface area (Å²) in [6, 6.07) is 0. The maximum absolute atomic E-state index is 10.8. The van der Waals surface area contributed by atoms with Gasteiger partial charge in [0.05, 0.1) is 37.6 Å². The first-order valence-corrected chi connectivity index (χ1v) is 11.1. The Morgan fingerprint density at radius 2 is 1.70 bits per heavy atom. The van der Waals surface area contributed by atoms with Gasteiger partial charge in [-0.1, -0.05) is 0 Å². The predicted octanol–water partition coefficient (Wildman–Crippen LogP) is 1.13. The van der Waals surface area contributed by atoms with Gasteiger partial charge in [0, 0.05) is 51.4 Å². The van der Waals surface area contributed by atoms with Crippen molar-refractivity contribution >= 4 is 29.9 Å². The van der Waals surface area contributed by atoms with Crippen LogP contribution >= 0.6 is 24.0 Å². The van der Waals surface area contributed by atoms with Crippen molar-refractivity contribution in [3.05, 3.63) is 0 Å². The van der Waals surface area contributed by atoms with E-state index in [-0.39, 0.29) is 41.7 Å². The Bertz CT molecular complexity index is 517. The largest absolute Gasteiger partial charge is 0.387 e. The molecule has 2 fully saturated rings. The molecule has 0 spiro atoms. The molecule has 3 atom stereocenters. The summed E-state index contributed by atoms with van der Waals surface area (Å²) >= 11 is 0. The standard InChI is InChI=1S/C21H43N5O3.HI/c1-7-22-19(24-15-21(6,27)16-25-8-10-28-11-9-25)23-14-20(4,5)26-12-17(2)29-18(3)13-26;/h17-18,27H,7-16H2,1-6H3,(H2,22,23,24);1H. The van der Waals surface area contributed by atoms with Crippen LogP contribution in [-0.2, 0) is 9.47 Å². The summed E-state index contributed by atoms with van der Waals surface area (Å²) in [6.45, 7) is 20.2. The lowest BCUT2D eigenvalue weighted by Crippen LogP contribution is -2.56.